The standard InChI is InChI=1S/C39H38/c1-37(2,3)24-14-16-29-28-15-13-23(21-33(28)39(7,8)34(29)22-24)25-17-18-30-26-11-9-10-12-27(26)31-19-20-32(38(4,5)6)36(25)35(30)31/h9-22H,1-8H3. The number of hydrogen-bond acceptors (Lipinski definition) is 0. The second-order valence-corrected chi connectivity index (χ2v) is 14.3. The smallest absolute Gasteiger partial charge is 0.0159 e. The van der Waals surface area contributed by atoms with Crippen LogP contribution in [0.25, 0.3) is 55.3 Å². The predicted molar refractivity (Wildman–Crippen MR) is 169 cm³/mol. The minimum Gasteiger partial charge on any atom is -0.0616 e. The molecule has 2 aliphatic carbocycles. The Balaban J connectivity index is 1.48. The Morgan fingerprint density at radius 2 is 1.00 bits per heavy atom. The molecule has 5 aromatic carbocycles. The van der Waals surface area contributed by atoms with Crippen LogP contribution in [-0.2, 0) is 16.2 Å². The highest BCUT2D eigenvalue weighted by Gasteiger charge is 2.37. The second kappa shape index (κ2) is 7.72. The van der Waals surface area contributed by atoms with Crippen molar-refractivity contribution >= 4 is 10.8 Å². The highest BCUT2D eigenvalue weighted by Crippen LogP contribution is 2.54. The molecule has 0 bridgehead atoms. The van der Waals surface area contributed by atoms with Gasteiger partial charge in [-0.05, 0) is 94.4 Å². The quantitative estimate of drug-likeness (QED) is 0.208. The molecule has 0 spiro atoms. The molecule has 0 heteroatoms. The van der Waals surface area contributed by atoms with Crippen LogP contribution in [-0.4, -0.2) is 0 Å². The van der Waals surface area contributed by atoms with Gasteiger partial charge >= 0.3 is 0 Å². The van der Waals surface area contributed by atoms with Gasteiger partial charge < -0.3 is 0 Å². The van der Waals surface area contributed by atoms with E-state index in [1.165, 1.54) is 77.5 Å². The summed E-state index contributed by atoms with van der Waals surface area (Å²) in [6.07, 6.45) is 0. The van der Waals surface area contributed by atoms with E-state index in [9.17, 15) is 0 Å². The molecule has 0 radical (unpaired) electrons. The minimum absolute atomic E-state index is 0.0380. The van der Waals surface area contributed by atoms with Crippen LogP contribution in [0.15, 0.2) is 84.9 Å². The SMILES string of the molecule is CC(C)(C)c1ccc2c(c1)C(C)(C)c1cc(-c3ccc4c5c(ccc(C(C)(C)C)c35)-c3ccccc3-4)ccc1-2. The Labute approximate surface area is 233 Å². The van der Waals surface area contributed by atoms with Crippen LogP contribution in [0.1, 0.15) is 77.6 Å². The fraction of sp³-hybridized carbons (Fsp3) is 0.282. The van der Waals surface area contributed by atoms with E-state index in [1.54, 1.807) is 0 Å². The van der Waals surface area contributed by atoms with E-state index in [4.69, 9.17) is 0 Å². The second-order valence-electron chi connectivity index (χ2n) is 14.3. The molecule has 0 nitrogen and oxygen atoms in total. The Morgan fingerprint density at radius 1 is 0.462 bits per heavy atom. The molecular weight excluding hydrogens is 468 g/mol. The van der Waals surface area contributed by atoms with Crippen molar-refractivity contribution in [1.82, 2.24) is 0 Å². The van der Waals surface area contributed by atoms with Crippen molar-refractivity contribution < 1.29 is 0 Å². The van der Waals surface area contributed by atoms with Crippen LogP contribution in [0.5, 0.6) is 0 Å². The van der Waals surface area contributed by atoms with Gasteiger partial charge in [0.05, 0.1) is 0 Å². The van der Waals surface area contributed by atoms with E-state index in [-0.39, 0.29) is 16.2 Å². The van der Waals surface area contributed by atoms with Crippen molar-refractivity contribution in [2.75, 3.05) is 0 Å². The topological polar surface area (TPSA) is 0 Å². The number of fused-ring (bicyclic) bond motifs is 6. The molecule has 39 heavy (non-hydrogen) atoms. The normalized spacial score (nSPS) is 14.9. The zero-order chi connectivity index (χ0) is 27.5. The van der Waals surface area contributed by atoms with Gasteiger partial charge in [-0.15, -0.1) is 0 Å². The van der Waals surface area contributed by atoms with Crippen molar-refractivity contribution in [3.63, 3.8) is 0 Å². The number of benzene rings is 5. The van der Waals surface area contributed by atoms with Gasteiger partial charge in [0, 0.05) is 5.41 Å². The summed E-state index contributed by atoms with van der Waals surface area (Å²) in [4.78, 5) is 0. The number of rotatable bonds is 1. The van der Waals surface area contributed by atoms with Gasteiger partial charge in [-0.3, -0.25) is 0 Å². The summed E-state index contributed by atoms with van der Waals surface area (Å²) in [6, 6.07) is 32.8. The maximum absolute atomic E-state index is 2.49. The average Bonchev–Trinajstić information content (AvgIpc) is 3.33. The van der Waals surface area contributed by atoms with Gasteiger partial charge in [0.15, 0.2) is 0 Å². The zero-order valence-electron chi connectivity index (χ0n) is 24.6. The van der Waals surface area contributed by atoms with Crippen molar-refractivity contribution in [2.24, 2.45) is 0 Å². The molecule has 5 aromatic rings. The van der Waals surface area contributed by atoms with E-state index in [0.29, 0.717) is 0 Å². The van der Waals surface area contributed by atoms with Crippen molar-refractivity contribution in [3.05, 3.63) is 107 Å². The molecule has 0 atom stereocenters. The van der Waals surface area contributed by atoms with Gasteiger partial charge in [0.25, 0.3) is 0 Å². The highest BCUT2D eigenvalue weighted by atomic mass is 14.4. The van der Waals surface area contributed by atoms with Crippen molar-refractivity contribution in [2.45, 2.75) is 71.6 Å². The Bertz CT molecular complexity index is 1800. The third-order valence-electron chi connectivity index (χ3n) is 9.33. The maximum Gasteiger partial charge on any atom is 0.0159 e. The van der Waals surface area contributed by atoms with E-state index in [0.717, 1.165) is 0 Å². The molecule has 0 saturated carbocycles. The average molecular weight is 507 g/mol. The van der Waals surface area contributed by atoms with E-state index < -0.39 is 0 Å². The first-order valence-electron chi connectivity index (χ1n) is 14.4. The molecule has 0 aromatic heterocycles. The third kappa shape index (κ3) is 3.37. The lowest BCUT2D eigenvalue weighted by Crippen LogP contribution is -2.17. The summed E-state index contributed by atoms with van der Waals surface area (Å²) in [6.45, 7) is 18.8. The Morgan fingerprint density at radius 3 is 1.62 bits per heavy atom. The third-order valence-corrected chi connectivity index (χ3v) is 9.33. The molecule has 0 amide bonds. The summed E-state index contributed by atoms with van der Waals surface area (Å²) < 4.78 is 0. The molecule has 0 aliphatic heterocycles. The van der Waals surface area contributed by atoms with Crippen molar-refractivity contribution in [1.29, 1.82) is 0 Å². The molecular formula is C39H38. The molecule has 2 aliphatic rings. The molecule has 0 fully saturated rings. The van der Waals surface area contributed by atoms with Crippen LogP contribution < -0.4 is 0 Å². The van der Waals surface area contributed by atoms with Gasteiger partial charge in [0.1, 0.15) is 0 Å². The molecule has 194 valence electrons. The fourth-order valence-electron chi connectivity index (χ4n) is 7.13. The van der Waals surface area contributed by atoms with Gasteiger partial charge in [-0.25, -0.2) is 0 Å². The molecule has 0 heterocycles. The van der Waals surface area contributed by atoms with Gasteiger partial charge in [0.2, 0.25) is 0 Å². The highest BCUT2D eigenvalue weighted by molar-refractivity contribution is 6.20. The molecule has 7 rings (SSSR count). The largest absolute Gasteiger partial charge is 0.0616 e. The summed E-state index contributed by atoms with van der Waals surface area (Å²) in [5.41, 5.74) is 16.7. The van der Waals surface area contributed by atoms with Gasteiger partial charge in [-0.1, -0.05) is 134 Å². The fourth-order valence-corrected chi connectivity index (χ4v) is 7.13. The van der Waals surface area contributed by atoms with Gasteiger partial charge in [-0.2, -0.15) is 0 Å². The lowest BCUT2D eigenvalue weighted by molar-refractivity contribution is 0.584. The summed E-state index contributed by atoms with van der Waals surface area (Å²) >= 11 is 0. The number of hydrogen-bond donors (Lipinski definition) is 0. The van der Waals surface area contributed by atoms with Crippen LogP contribution >= 0.6 is 0 Å². The predicted octanol–water partition coefficient (Wildman–Crippen LogP) is 11.1. The first kappa shape index (κ1) is 24.4. The summed E-state index contributed by atoms with van der Waals surface area (Å²) in [7, 11) is 0. The minimum atomic E-state index is -0.0418. The van der Waals surface area contributed by atoms with Crippen LogP contribution in [0, 0.1) is 0 Å². The van der Waals surface area contributed by atoms with Crippen LogP contribution in [0.2, 0.25) is 0 Å². The van der Waals surface area contributed by atoms with E-state index >= 15 is 0 Å². The molecule has 0 unspecified atom stereocenters. The first-order valence-corrected chi connectivity index (χ1v) is 14.4. The van der Waals surface area contributed by atoms with Crippen LogP contribution in [0.4, 0.5) is 0 Å². The Hall–Kier alpha value is -3.64. The maximum atomic E-state index is 2.49. The molecule has 0 saturated heterocycles. The monoisotopic (exact) mass is 506 g/mol. The summed E-state index contributed by atoms with van der Waals surface area (Å²) in [5, 5.41) is 2.83. The summed E-state index contributed by atoms with van der Waals surface area (Å²) in [5.74, 6) is 0. The first-order chi connectivity index (χ1) is 18.4. The lowest BCUT2D eigenvalue weighted by Gasteiger charge is -2.26. The van der Waals surface area contributed by atoms with Crippen molar-refractivity contribution in [3.8, 4) is 44.5 Å². The van der Waals surface area contributed by atoms with Crippen LogP contribution in [0.3, 0.4) is 0 Å². The Kier molecular flexibility index (Phi) is 4.83. The lowest BCUT2D eigenvalue weighted by atomic mass is 9.77. The molecule has 0 N–H and O–H groups in total. The zero-order valence-corrected chi connectivity index (χ0v) is 24.6. The van der Waals surface area contributed by atoms with E-state index in [1.807, 2.05) is 0 Å². The van der Waals surface area contributed by atoms with E-state index in [2.05, 4.69) is 140 Å².